The third-order valence-electron chi connectivity index (χ3n) is 6.91. The summed E-state index contributed by atoms with van der Waals surface area (Å²) in [5, 5.41) is 0. The summed E-state index contributed by atoms with van der Waals surface area (Å²) in [6, 6.07) is 13.3. The highest BCUT2D eigenvalue weighted by molar-refractivity contribution is 7.89. The van der Waals surface area contributed by atoms with E-state index in [1.807, 2.05) is 12.1 Å². The second-order valence-corrected chi connectivity index (χ2v) is 12.4. The van der Waals surface area contributed by atoms with Gasteiger partial charge in [-0.3, -0.25) is 4.79 Å². The summed E-state index contributed by atoms with van der Waals surface area (Å²) in [5.41, 5.74) is 11.1. The van der Waals surface area contributed by atoms with Crippen molar-refractivity contribution in [2.45, 2.75) is 63.4 Å². The van der Waals surface area contributed by atoms with Gasteiger partial charge in [0.05, 0.1) is 4.90 Å². The van der Waals surface area contributed by atoms with E-state index < -0.39 is 10.0 Å². The molecule has 2 N–H and O–H groups in total. The lowest BCUT2D eigenvalue weighted by Gasteiger charge is -2.35. The Labute approximate surface area is 203 Å². The first kappa shape index (κ1) is 24.9. The summed E-state index contributed by atoms with van der Waals surface area (Å²) in [7, 11) is -3.58. The van der Waals surface area contributed by atoms with Crippen molar-refractivity contribution in [2.75, 3.05) is 26.2 Å². The molecule has 4 rings (SSSR count). The zero-order chi connectivity index (χ0) is 24.7. The van der Waals surface area contributed by atoms with Gasteiger partial charge < -0.3 is 4.90 Å². The lowest BCUT2D eigenvalue weighted by Crippen LogP contribution is -2.54. The van der Waals surface area contributed by atoms with E-state index in [-0.39, 0.29) is 23.4 Å². The van der Waals surface area contributed by atoms with Crippen molar-refractivity contribution in [3.05, 3.63) is 64.7 Å². The second-order valence-electron chi connectivity index (χ2n) is 10.5. The molecule has 2 aromatic carbocycles. The Morgan fingerprint density at radius 1 is 0.941 bits per heavy atom. The number of benzene rings is 2. The summed E-state index contributed by atoms with van der Waals surface area (Å²) in [4.78, 5) is 15.2. The number of nitrogens with zero attached hydrogens (tertiary/aromatic N) is 2. The Balaban J connectivity index is 1.35. The van der Waals surface area contributed by atoms with Crippen LogP contribution in [0.2, 0.25) is 0 Å². The molecule has 7 nitrogen and oxygen atoms in total. The van der Waals surface area contributed by atoms with Gasteiger partial charge in [0.15, 0.2) is 0 Å². The number of hydrogen-bond donors (Lipinski definition) is 2. The molecule has 8 heteroatoms. The predicted molar refractivity (Wildman–Crippen MR) is 134 cm³/mol. The van der Waals surface area contributed by atoms with Crippen molar-refractivity contribution in [3.63, 3.8) is 0 Å². The standard InChI is InChI=1S/C26H36N4O3S/c1-18-6-11-22(19(2)16-18)23-17-24(28-27-23)25(31)29-12-14-30(15-13-29)34(32,33)21-9-7-20(8-10-21)26(3,4)5/h6-11,16,23-24,27-28H,12-15,17H2,1-5H3. The molecule has 1 amide bonds. The Morgan fingerprint density at radius 3 is 2.18 bits per heavy atom. The van der Waals surface area contributed by atoms with Crippen LogP contribution in [-0.4, -0.2) is 55.8 Å². The van der Waals surface area contributed by atoms with Crippen molar-refractivity contribution in [1.82, 2.24) is 20.1 Å². The Hall–Kier alpha value is -2.26. The van der Waals surface area contributed by atoms with Crippen LogP contribution in [0.1, 0.15) is 55.5 Å². The molecular weight excluding hydrogens is 448 g/mol. The number of rotatable bonds is 4. The third-order valence-corrected chi connectivity index (χ3v) is 8.82. The van der Waals surface area contributed by atoms with Gasteiger partial charge in [-0.25, -0.2) is 19.3 Å². The quantitative estimate of drug-likeness (QED) is 0.697. The van der Waals surface area contributed by atoms with Gasteiger partial charge >= 0.3 is 0 Å². The van der Waals surface area contributed by atoms with Gasteiger partial charge in [-0.1, -0.05) is 56.7 Å². The summed E-state index contributed by atoms with van der Waals surface area (Å²) in [5.74, 6) is 0.0198. The largest absolute Gasteiger partial charge is 0.339 e. The molecule has 0 aromatic heterocycles. The molecule has 0 spiro atoms. The summed E-state index contributed by atoms with van der Waals surface area (Å²) in [6.45, 7) is 11.9. The van der Waals surface area contributed by atoms with Crippen molar-refractivity contribution < 1.29 is 13.2 Å². The molecule has 2 saturated heterocycles. The van der Waals surface area contributed by atoms with Crippen molar-refractivity contribution >= 4 is 15.9 Å². The maximum Gasteiger partial charge on any atom is 0.243 e. The van der Waals surface area contributed by atoms with Gasteiger partial charge in [0.25, 0.3) is 0 Å². The van der Waals surface area contributed by atoms with Crippen LogP contribution in [0.25, 0.3) is 0 Å². The molecule has 2 aromatic rings. The number of carbonyl (C=O) groups is 1. The molecule has 34 heavy (non-hydrogen) atoms. The zero-order valence-electron chi connectivity index (χ0n) is 20.8. The molecule has 2 unspecified atom stereocenters. The zero-order valence-corrected chi connectivity index (χ0v) is 21.6. The number of aryl methyl sites for hydroxylation is 2. The fourth-order valence-electron chi connectivity index (χ4n) is 4.78. The van der Waals surface area contributed by atoms with Crippen LogP contribution in [0.5, 0.6) is 0 Å². The Kier molecular flexibility index (Phi) is 6.88. The normalized spacial score (nSPS) is 22.2. The maximum atomic E-state index is 13.1. The number of carbonyl (C=O) groups excluding carboxylic acids is 1. The molecule has 0 bridgehead atoms. The predicted octanol–water partition coefficient (Wildman–Crippen LogP) is 3.04. The molecule has 0 radical (unpaired) electrons. The van der Waals surface area contributed by atoms with Gasteiger partial charge in [0, 0.05) is 32.2 Å². The molecule has 184 valence electrons. The average Bonchev–Trinajstić information content (AvgIpc) is 3.28. The van der Waals surface area contributed by atoms with E-state index in [4.69, 9.17) is 0 Å². The number of amides is 1. The third kappa shape index (κ3) is 5.05. The van der Waals surface area contributed by atoms with Crippen molar-refractivity contribution in [1.29, 1.82) is 0 Å². The summed E-state index contributed by atoms with van der Waals surface area (Å²) >= 11 is 0. The van der Waals surface area contributed by atoms with Gasteiger partial charge in [-0.2, -0.15) is 4.31 Å². The molecule has 2 heterocycles. The highest BCUT2D eigenvalue weighted by Crippen LogP contribution is 2.28. The molecule has 2 fully saturated rings. The van der Waals surface area contributed by atoms with E-state index in [1.165, 1.54) is 21.0 Å². The lowest BCUT2D eigenvalue weighted by molar-refractivity contribution is -0.134. The van der Waals surface area contributed by atoms with E-state index in [9.17, 15) is 13.2 Å². The molecule has 2 atom stereocenters. The number of hydrogen-bond acceptors (Lipinski definition) is 5. The molecular formula is C26H36N4O3S. The van der Waals surface area contributed by atoms with Crippen LogP contribution in [0.15, 0.2) is 47.4 Å². The van der Waals surface area contributed by atoms with Crippen molar-refractivity contribution in [2.24, 2.45) is 0 Å². The lowest BCUT2D eigenvalue weighted by atomic mass is 9.87. The molecule has 0 aliphatic carbocycles. The SMILES string of the molecule is Cc1ccc(C2CC(C(=O)N3CCN(S(=O)(=O)c4ccc(C(C)(C)C)cc4)CC3)NN2)c(C)c1. The van der Waals surface area contributed by atoms with E-state index in [0.29, 0.717) is 37.5 Å². The monoisotopic (exact) mass is 484 g/mol. The average molecular weight is 485 g/mol. The van der Waals surface area contributed by atoms with Crippen molar-refractivity contribution in [3.8, 4) is 0 Å². The molecule has 2 aliphatic heterocycles. The fourth-order valence-corrected chi connectivity index (χ4v) is 6.21. The van der Waals surface area contributed by atoms with Crippen LogP contribution in [0.3, 0.4) is 0 Å². The topological polar surface area (TPSA) is 81.8 Å². The number of piperazine rings is 1. The Morgan fingerprint density at radius 2 is 1.59 bits per heavy atom. The number of nitrogens with one attached hydrogen (secondary N) is 2. The van der Waals surface area contributed by atoms with E-state index in [0.717, 1.165) is 5.56 Å². The first-order valence-corrected chi connectivity index (χ1v) is 13.4. The van der Waals surface area contributed by atoms with Gasteiger partial charge in [-0.15, -0.1) is 0 Å². The minimum absolute atomic E-state index is 0.0198. The van der Waals surface area contributed by atoms with E-state index in [2.05, 4.69) is 63.7 Å². The second kappa shape index (κ2) is 9.41. The van der Waals surface area contributed by atoms with Crippen LogP contribution >= 0.6 is 0 Å². The molecule has 0 saturated carbocycles. The highest BCUT2D eigenvalue weighted by atomic mass is 32.2. The first-order chi connectivity index (χ1) is 16.0. The van der Waals surface area contributed by atoms with Crippen LogP contribution in [-0.2, 0) is 20.2 Å². The number of sulfonamides is 1. The van der Waals surface area contributed by atoms with Crippen LogP contribution in [0.4, 0.5) is 0 Å². The summed E-state index contributed by atoms with van der Waals surface area (Å²) in [6.07, 6.45) is 0.668. The molecule has 2 aliphatic rings. The smallest absolute Gasteiger partial charge is 0.243 e. The van der Waals surface area contributed by atoms with Crippen LogP contribution in [0, 0.1) is 13.8 Å². The van der Waals surface area contributed by atoms with E-state index >= 15 is 0 Å². The van der Waals surface area contributed by atoms with Gasteiger partial charge in [-0.05, 0) is 54.5 Å². The Bertz CT molecular complexity index is 1150. The minimum atomic E-state index is -3.58. The highest BCUT2D eigenvalue weighted by Gasteiger charge is 2.36. The summed E-state index contributed by atoms with van der Waals surface area (Å²) < 4.78 is 27.8. The first-order valence-electron chi connectivity index (χ1n) is 11.9. The number of hydrazine groups is 1. The minimum Gasteiger partial charge on any atom is -0.339 e. The van der Waals surface area contributed by atoms with Gasteiger partial charge in [0.2, 0.25) is 15.9 Å². The van der Waals surface area contributed by atoms with Crippen LogP contribution < -0.4 is 10.9 Å². The van der Waals surface area contributed by atoms with E-state index in [1.54, 1.807) is 17.0 Å². The fraction of sp³-hybridized carbons (Fsp3) is 0.500. The maximum absolute atomic E-state index is 13.1. The van der Waals surface area contributed by atoms with Gasteiger partial charge in [0.1, 0.15) is 6.04 Å².